The molecule has 0 aliphatic heterocycles. The first kappa shape index (κ1) is 15.5. The van der Waals surface area contributed by atoms with Crippen molar-refractivity contribution in [3.8, 4) is 0 Å². The highest BCUT2D eigenvalue weighted by Gasteiger charge is 2.13. The number of carbonyl (C=O) groups excluding carboxylic acids is 1. The predicted octanol–water partition coefficient (Wildman–Crippen LogP) is 2.82. The second-order valence-corrected chi connectivity index (χ2v) is 6.02. The number of thioether (sulfide) groups is 1. The maximum Gasteiger partial charge on any atom is 0.338 e. The van der Waals surface area contributed by atoms with Crippen molar-refractivity contribution in [2.75, 3.05) is 7.11 Å². The number of fused-ring (bicyclic) bond motifs is 1. The molecule has 3 rings (SSSR count). The van der Waals surface area contributed by atoms with Crippen molar-refractivity contribution in [3.63, 3.8) is 0 Å². The third-order valence-corrected chi connectivity index (χ3v) is 4.26. The first-order valence-electron chi connectivity index (χ1n) is 7.08. The molecule has 0 amide bonds. The number of carbonyl (C=O) groups is 1. The molecule has 118 valence electrons. The van der Waals surface area contributed by atoms with Crippen molar-refractivity contribution in [2.45, 2.75) is 24.8 Å². The van der Waals surface area contributed by atoms with E-state index < -0.39 is 0 Å². The first-order valence-corrected chi connectivity index (χ1v) is 8.07. The number of rotatable bonds is 4. The maximum absolute atomic E-state index is 11.8. The number of methoxy groups -OCH3 is 1. The Labute approximate surface area is 137 Å². The van der Waals surface area contributed by atoms with Crippen molar-refractivity contribution in [2.24, 2.45) is 0 Å². The van der Waals surface area contributed by atoms with Gasteiger partial charge in [0, 0.05) is 17.1 Å². The van der Waals surface area contributed by atoms with E-state index >= 15 is 0 Å². The fraction of sp³-hybridized carbons (Fsp3) is 0.250. The van der Waals surface area contributed by atoms with Crippen molar-refractivity contribution >= 4 is 23.5 Å². The van der Waals surface area contributed by atoms with Crippen LogP contribution >= 0.6 is 11.8 Å². The Kier molecular flexibility index (Phi) is 4.29. The minimum Gasteiger partial charge on any atom is -0.465 e. The Morgan fingerprint density at radius 2 is 2.04 bits per heavy atom. The first-order chi connectivity index (χ1) is 11.1. The van der Waals surface area contributed by atoms with Crippen LogP contribution in [-0.4, -0.2) is 32.7 Å². The topological polar surface area (TPSA) is 69.4 Å². The van der Waals surface area contributed by atoms with E-state index in [1.807, 2.05) is 38.1 Å². The largest absolute Gasteiger partial charge is 0.465 e. The van der Waals surface area contributed by atoms with Crippen LogP contribution in [0.5, 0.6) is 0 Å². The van der Waals surface area contributed by atoms with Gasteiger partial charge in [0.1, 0.15) is 0 Å². The zero-order valence-electron chi connectivity index (χ0n) is 13.1. The van der Waals surface area contributed by atoms with Gasteiger partial charge in [0.15, 0.2) is 0 Å². The van der Waals surface area contributed by atoms with Gasteiger partial charge in [-0.1, -0.05) is 30.0 Å². The van der Waals surface area contributed by atoms with Gasteiger partial charge in [-0.15, -0.1) is 5.10 Å². The second-order valence-electron chi connectivity index (χ2n) is 5.08. The van der Waals surface area contributed by atoms with Crippen LogP contribution in [0.2, 0.25) is 0 Å². The number of nitrogens with zero attached hydrogens (tertiary/aromatic N) is 4. The Hall–Kier alpha value is -2.41. The van der Waals surface area contributed by atoms with Gasteiger partial charge in [0.05, 0.1) is 12.7 Å². The lowest BCUT2D eigenvalue weighted by atomic mass is 10.1. The number of benzene rings is 1. The summed E-state index contributed by atoms with van der Waals surface area (Å²) >= 11 is 1.47. The summed E-state index contributed by atoms with van der Waals surface area (Å²) in [6, 6.07) is 9.34. The smallest absolute Gasteiger partial charge is 0.338 e. The summed E-state index contributed by atoms with van der Waals surface area (Å²) < 4.78 is 6.54. The summed E-state index contributed by atoms with van der Waals surface area (Å²) in [7, 11) is 1.38. The molecule has 0 radical (unpaired) electrons. The van der Waals surface area contributed by atoms with Gasteiger partial charge in [-0.05, 0) is 31.5 Å². The lowest BCUT2D eigenvalue weighted by Crippen LogP contribution is -2.04. The van der Waals surface area contributed by atoms with E-state index in [1.54, 1.807) is 10.6 Å². The van der Waals surface area contributed by atoms with Crippen LogP contribution in [0.3, 0.4) is 0 Å². The quantitative estimate of drug-likeness (QED) is 0.542. The highest BCUT2D eigenvalue weighted by atomic mass is 32.2. The van der Waals surface area contributed by atoms with Gasteiger partial charge in [-0.2, -0.15) is 4.98 Å². The second kappa shape index (κ2) is 6.37. The van der Waals surface area contributed by atoms with E-state index in [2.05, 4.69) is 15.1 Å². The third kappa shape index (κ3) is 3.19. The van der Waals surface area contributed by atoms with Gasteiger partial charge < -0.3 is 4.74 Å². The molecule has 0 spiro atoms. The van der Waals surface area contributed by atoms with E-state index in [1.165, 1.54) is 18.9 Å². The molecule has 0 saturated heterocycles. The maximum atomic E-state index is 11.8. The highest BCUT2D eigenvalue weighted by molar-refractivity contribution is 7.98. The van der Waals surface area contributed by atoms with Crippen molar-refractivity contribution < 1.29 is 9.53 Å². The van der Waals surface area contributed by atoms with Crippen molar-refractivity contribution in [1.29, 1.82) is 0 Å². The lowest BCUT2D eigenvalue weighted by molar-refractivity contribution is 0.0600. The molecule has 0 unspecified atom stereocenters. The molecule has 2 aromatic heterocycles. The summed E-state index contributed by atoms with van der Waals surface area (Å²) in [5, 5.41) is 5.08. The van der Waals surface area contributed by atoms with Gasteiger partial charge in [0.25, 0.3) is 5.78 Å². The highest BCUT2D eigenvalue weighted by Crippen LogP contribution is 2.23. The summed E-state index contributed by atoms with van der Waals surface area (Å²) in [5.41, 5.74) is 3.36. The molecule has 0 aliphatic rings. The predicted molar refractivity (Wildman–Crippen MR) is 87.6 cm³/mol. The Morgan fingerprint density at radius 3 is 2.83 bits per heavy atom. The molecule has 0 fully saturated rings. The van der Waals surface area contributed by atoms with Crippen LogP contribution in [0, 0.1) is 13.8 Å². The number of hydrogen-bond acceptors (Lipinski definition) is 6. The van der Waals surface area contributed by atoms with Crippen LogP contribution in [0.15, 0.2) is 35.5 Å². The molecule has 2 heterocycles. The van der Waals surface area contributed by atoms with E-state index in [-0.39, 0.29) is 5.97 Å². The van der Waals surface area contributed by atoms with Gasteiger partial charge in [-0.3, -0.25) is 0 Å². The molecule has 23 heavy (non-hydrogen) atoms. The minimum absolute atomic E-state index is 0.336. The normalized spacial score (nSPS) is 10.9. The number of esters is 1. The van der Waals surface area contributed by atoms with Gasteiger partial charge >= 0.3 is 5.97 Å². The number of hydrogen-bond donors (Lipinski definition) is 0. The Balaban J connectivity index is 1.84. The zero-order valence-corrected chi connectivity index (χ0v) is 13.9. The number of aromatic nitrogens is 4. The average Bonchev–Trinajstić information content (AvgIpc) is 2.95. The SMILES string of the molecule is COC(=O)c1ccccc1CSc1nc2nc(C)cc(C)n2n1. The van der Waals surface area contributed by atoms with Crippen molar-refractivity contribution in [3.05, 3.63) is 52.8 Å². The van der Waals surface area contributed by atoms with Crippen LogP contribution in [0.4, 0.5) is 0 Å². The number of aryl methyl sites for hydroxylation is 2. The molecule has 7 heteroatoms. The molecule has 1 aromatic carbocycles. The van der Waals surface area contributed by atoms with E-state index in [0.717, 1.165) is 17.0 Å². The van der Waals surface area contributed by atoms with E-state index in [0.29, 0.717) is 22.3 Å². The van der Waals surface area contributed by atoms with Gasteiger partial charge in [-0.25, -0.2) is 14.3 Å². The molecular formula is C16H16N4O2S. The molecule has 3 aromatic rings. The monoisotopic (exact) mass is 328 g/mol. The standard InChI is InChI=1S/C16H16N4O2S/c1-10-8-11(2)20-15(17-10)18-16(19-20)23-9-12-6-4-5-7-13(12)14(21)22-3/h4-8H,9H2,1-3H3. The molecular weight excluding hydrogens is 312 g/mol. The van der Waals surface area contributed by atoms with Gasteiger partial charge in [0.2, 0.25) is 5.16 Å². The summed E-state index contributed by atoms with van der Waals surface area (Å²) in [6.45, 7) is 3.90. The summed E-state index contributed by atoms with van der Waals surface area (Å²) in [5.74, 6) is 0.837. The Morgan fingerprint density at radius 1 is 1.26 bits per heavy atom. The van der Waals surface area contributed by atoms with Crippen molar-refractivity contribution in [1.82, 2.24) is 19.6 Å². The van der Waals surface area contributed by atoms with Crippen LogP contribution in [0.1, 0.15) is 27.3 Å². The van der Waals surface area contributed by atoms with Crippen LogP contribution in [0.25, 0.3) is 5.78 Å². The summed E-state index contributed by atoms with van der Waals surface area (Å²) in [6.07, 6.45) is 0. The third-order valence-electron chi connectivity index (χ3n) is 3.38. The minimum atomic E-state index is -0.336. The zero-order chi connectivity index (χ0) is 16.4. The van der Waals surface area contributed by atoms with E-state index in [9.17, 15) is 4.79 Å². The number of ether oxygens (including phenoxy) is 1. The lowest BCUT2D eigenvalue weighted by Gasteiger charge is -2.05. The van der Waals surface area contributed by atoms with E-state index in [4.69, 9.17) is 4.74 Å². The molecule has 6 nitrogen and oxygen atoms in total. The fourth-order valence-electron chi connectivity index (χ4n) is 2.31. The average molecular weight is 328 g/mol. The summed E-state index contributed by atoms with van der Waals surface area (Å²) in [4.78, 5) is 20.6. The van der Waals surface area contributed by atoms with Crippen LogP contribution in [-0.2, 0) is 10.5 Å². The molecule has 0 atom stereocenters. The molecule has 0 N–H and O–H groups in total. The Bertz CT molecular complexity index is 876. The molecule has 0 saturated carbocycles. The fourth-order valence-corrected chi connectivity index (χ4v) is 3.13. The molecule has 0 bridgehead atoms. The van der Waals surface area contributed by atoms with Crippen LogP contribution < -0.4 is 0 Å². The molecule has 0 aliphatic carbocycles.